The van der Waals surface area contributed by atoms with Crippen LogP contribution in [0.5, 0.6) is 0 Å². The molecule has 0 aromatic carbocycles. The normalized spacial score (nSPS) is 12.5. The Morgan fingerprint density at radius 3 is 1.44 bits per heavy atom. The number of aryl methyl sites for hydroxylation is 2. The molecule has 0 radical (unpaired) electrons. The fraction of sp³-hybridized carbons (Fsp3) is 0.391. The van der Waals surface area contributed by atoms with Gasteiger partial charge in [0.1, 0.15) is 0 Å². The van der Waals surface area contributed by atoms with Crippen LogP contribution >= 0.6 is 46.4 Å². The number of esters is 3. The van der Waals surface area contributed by atoms with Crippen molar-refractivity contribution < 1.29 is 43.2 Å². The van der Waals surface area contributed by atoms with Crippen molar-refractivity contribution in [1.82, 2.24) is 59.5 Å². The quantitative estimate of drug-likeness (QED) is 0.101. The highest BCUT2D eigenvalue weighted by Gasteiger charge is 2.22. The average molecular weight is 1060 g/mol. The first-order valence-corrected chi connectivity index (χ1v) is 21.6. The molecule has 1 aliphatic heterocycles. The summed E-state index contributed by atoms with van der Waals surface area (Å²) in [5.41, 5.74) is 5.26. The maximum Gasteiger partial charge on any atom is 0.310 e. The van der Waals surface area contributed by atoms with Gasteiger partial charge in [0.15, 0.2) is 28.8 Å². The second-order valence-corrected chi connectivity index (χ2v) is 16.1. The zero-order valence-corrected chi connectivity index (χ0v) is 39.5. The standard InChI is InChI=1S/C14H16ClN3O3.C10H10ClN3O2.2C9H8ClN3O2.4CH4/c1-20-13(19)6-9-10-7-17-18(12-4-2-3-5-21-12)14(10)16-8-11(9)15;1-14-10-7(4-13-14)6(3-9(15)16-2)8(11)5-12-10;1-15-8(14)2-5-6-3-12-13-9(6)11-4-7(5)10;1-13-9-6(3-12-13)5(2-8(14)15)7(10)4-11-9;;;;/h7-8,12H,2-6H2,1H3;4-5H,3H2,1-2H3;3-4H,2H2,1H3,(H,11,12,13);3-4H,2H2,1H3,(H,14,15);4*1H4. The van der Waals surface area contributed by atoms with E-state index in [4.69, 9.17) is 61.0 Å². The lowest BCUT2D eigenvalue weighted by molar-refractivity contribution is -0.140. The molecule has 9 heterocycles. The number of methoxy groups -OCH3 is 3. The van der Waals surface area contributed by atoms with Gasteiger partial charge in [-0.3, -0.25) is 33.6 Å². The van der Waals surface area contributed by atoms with Gasteiger partial charge < -0.3 is 24.1 Å². The zero-order chi connectivity index (χ0) is 48.4. The Morgan fingerprint density at radius 2 is 1.00 bits per heavy atom. The van der Waals surface area contributed by atoms with Gasteiger partial charge in [-0.05, 0) is 41.5 Å². The van der Waals surface area contributed by atoms with Crippen LogP contribution in [0.1, 0.15) is 77.5 Å². The van der Waals surface area contributed by atoms with Crippen molar-refractivity contribution in [2.24, 2.45) is 14.1 Å². The number of aliphatic carboxylic acids is 1. The van der Waals surface area contributed by atoms with Crippen molar-refractivity contribution >= 4 is 114 Å². The van der Waals surface area contributed by atoms with E-state index in [-0.39, 0.29) is 79.5 Å². The lowest BCUT2D eigenvalue weighted by Gasteiger charge is -2.23. The summed E-state index contributed by atoms with van der Waals surface area (Å²) >= 11 is 24.0. The van der Waals surface area contributed by atoms with Crippen molar-refractivity contribution in [3.05, 3.63) is 91.9 Å². The summed E-state index contributed by atoms with van der Waals surface area (Å²) in [5.74, 6) is -1.94. The second-order valence-electron chi connectivity index (χ2n) is 14.5. The Kier molecular flexibility index (Phi) is 23.7. The van der Waals surface area contributed by atoms with Crippen molar-refractivity contribution in [1.29, 1.82) is 0 Å². The monoisotopic (exact) mass is 1060 g/mol. The van der Waals surface area contributed by atoms with Gasteiger partial charge in [0.2, 0.25) is 0 Å². The molecule has 0 amide bonds. The Balaban J connectivity index is 0.000000322. The molecule has 2 N–H and O–H groups in total. The summed E-state index contributed by atoms with van der Waals surface area (Å²) in [7, 11) is 7.56. The molecule has 1 aliphatic rings. The molecule has 0 aliphatic carbocycles. The molecule has 1 fully saturated rings. The van der Waals surface area contributed by atoms with E-state index in [1.807, 2.05) is 0 Å². The Hall–Kier alpha value is -6.52. The number of nitrogens with zero attached hydrogens (tertiary/aromatic N) is 11. The van der Waals surface area contributed by atoms with Gasteiger partial charge in [0.05, 0.1) is 91.9 Å². The number of carboxylic acid groups (broad SMARTS) is 1. The third kappa shape index (κ3) is 14.5. The van der Waals surface area contributed by atoms with Crippen LogP contribution in [0.15, 0.2) is 49.6 Å². The molecule has 71 heavy (non-hydrogen) atoms. The van der Waals surface area contributed by atoms with Crippen LogP contribution in [-0.2, 0) is 77.9 Å². The molecule has 0 bridgehead atoms. The first-order valence-electron chi connectivity index (χ1n) is 20.1. The Morgan fingerprint density at radius 1 is 0.592 bits per heavy atom. The van der Waals surface area contributed by atoms with E-state index in [1.165, 1.54) is 39.9 Å². The molecule has 8 aromatic heterocycles. The summed E-state index contributed by atoms with van der Waals surface area (Å²) in [5, 5.41) is 32.4. The minimum Gasteiger partial charge on any atom is -0.481 e. The number of pyridine rings is 4. The van der Waals surface area contributed by atoms with E-state index in [0.29, 0.717) is 70.3 Å². The number of hydrogen-bond acceptors (Lipinski definition) is 16. The van der Waals surface area contributed by atoms with Crippen LogP contribution in [0.2, 0.25) is 20.1 Å². The van der Waals surface area contributed by atoms with Gasteiger partial charge >= 0.3 is 23.9 Å². The van der Waals surface area contributed by atoms with Crippen LogP contribution in [0.4, 0.5) is 0 Å². The van der Waals surface area contributed by atoms with Crippen LogP contribution in [0.3, 0.4) is 0 Å². The largest absolute Gasteiger partial charge is 0.481 e. The molecule has 1 unspecified atom stereocenters. The number of H-pyrrole nitrogens is 1. The fourth-order valence-electron chi connectivity index (χ4n) is 6.84. The zero-order valence-electron chi connectivity index (χ0n) is 36.5. The molecular weight excluding hydrogens is 1010 g/mol. The molecule has 8 aromatic rings. The number of hydrogen-bond donors (Lipinski definition) is 2. The average Bonchev–Trinajstić information content (AvgIpc) is 4.15. The number of nitrogens with one attached hydrogen (secondary N) is 1. The lowest BCUT2D eigenvalue weighted by Crippen LogP contribution is -2.19. The van der Waals surface area contributed by atoms with Crippen LogP contribution in [0, 0.1) is 0 Å². The van der Waals surface area contributed by atoms with E-state index in [2.05, 4.69) is 54.9 Å². The number of carbonyl (C=O) groups is 4. The maximum absolute atomic E-state index is 11.5. The summed E-state index contributed by atoms with van der Waals surface area (Å²) in [4.78, 5) is 61.2. The number of carboxylic acids is 1. The first-order chi connectivity index (χ1) is 32.1. The van der Waals surface area contributed by atoms with Crippen molar-refractivity contribution in [3.8, 4) is 0 Å². The summed E-state index contributed by atoms with van der Waals surface area (Å²) in [6.45, 7) is 0.731. The minimum atomic E-state index is -0.923. The minimum absolute atomic E-state index is 0. The van der Waals surface area contributed by atoms with E-state index < -0.39 is 5.97 Å². The summed E-state index contributed by atoms with van der Waals surface area (Å²) < 4.78 is 24.6. The number of carbonyl (C=O) groups excluding carboxylic acids is 3. The lowest BCUT2D eigenvalue weighted by atomic mass is 10.1. The number of halogens is 4. The molecule has 25 heteroatoms. The molecule has 0 spiro atoms. The van der Waals surface area contributed by atoms with Crippen LogP contribution in [0.25, 0.3) is 44.1 Å². The summed E-state index contributed by atoms with van der Waals surface area (Å²) in [6, 6.07) is 0. The predicted molar refractivity (Wildman–Crippen MR) is 273 cm³/mol. The van der Waals surface area contributed by atoms with E-state index >= 15 is 0 Å². The number of fused-ring (bicyclic) bond motifs is 4. The number of aromatic nitrogens is 12. The van der Waals surface area contributed by atoms with E-state index in [1.54, 1.807) is 59.1 Å². The van der Waals surface area contributed by atoms with Crippen molar-refractivity contribution in [2.45, 2.75) is 80.9 Å². The van der Waals surface area contributed by atoms with Gasteiger partial charge in [0.25, 0.3) is 0 Å². The predicted octanol–water partition coefficient (Wildman–Crippen LogP) is 8.96. The number of rotatable bonds is 9. The fourth-order valence-corrected chi connectivity index (χ4v) is 7.71. The molecule has 384 valence electrons. The van der Waals surface area contributed by atoms with Gasteiger partial charge in [-0.25, -0.2) is 24.6 Å². The molecule has 1 saturated heterocycles. The highest BCUT2D eigenvalue weighted by Crippen LogP contribution is 2.30. The highest BCUT2D eigenvalue weighted by atomic mass is 35.5. The second kappa shape index (κ2) is 27.8. The SMILES string of the molecule is C.C.C.C.COC(=O)Cc1c(Cl)cnc2[nH]ncc12.COC(=O)Cc1c(Cl)cnc2c1cnn2C.COC(=O)Cc1c(Cl)cnc2c1cnn2C1CCCCO1.Cn1ncc2c(CC(=O)O)c(Cl)cnc21. The molecule has 0 saturated carbocycles. The Labute approximate surface area is 430 Å². The number of aromatic amines is 1. The van der Waals surface area contributed by atoms with E-state index in [0.717, 1.165) is 42.0 Å². The van der Waals surface area contributed by atoms with Crippen LogP contribution in [-0.4, -0.2) is 116 Å². The van der Waals surface area contributed by atoms with Gasteiger partial charge in [0, 0.05) is 67.0 Å². The maximum atomic E-state index is 11.5. The van der Waals surface area contributed by atoms with E-state index in [9.17, 15) is 19.2 Å². The molecular formula is C46H58Cl4N12O9. The topological polar surface area (TPSA) is 259 Å². The van der Waals surface area contributed by atoms with Crippen molar-refractivity contribution in [3.63, 3.8) is 0 Å². The third-order valence-electron chi connectivity index (χ3n) is 10.3. The summed E-state index contributed by atoms with van der Waals surface area (Å²) in [6.07, 6.45) is 15.7. The molecule has 9 rings (SSSR count). The van der Waals surface area contributed by atoms with Crippen molar-refractivity contribution in [2.75, 3.05) is 27.9 Å². The van der Waals surface area contributed by atoms with Gasteiger partial charge in [-0.1, -0.05) is 76.1 Å². The highest BCUT2D eigenvalue weighted by molar-refractivity contribution is 6.33. The number of ether oxygens (including phenoxy) is 4. The Bertz CT molecular complexity index is 3080. The van der Waals surface area contributed by atoms with Crippen LogP contribution < -0.4 is 0 Å². The molecule has 1 atom stereocenters. The smallest absolute Gasteiger partial charge is 0.310 e. The molecule has 21 nitrogen and oxygen atoms in total. The first kappa shape index (κ1) is 60.6. The van der Waals surface area contributed by atoms with Gasteiger partial charge in [-0.2, -0.15) is 20.4 Å². The third-order valence-corrected chi connectivity index (χ3v) is 11.6. The van der Waals surface area contributed by atoms with Gasteiger partial charge in [-0.15, -0.1) is 0 Å².